The molecule has 0 spiro atoms. The molecule has 0 atom stereocenters. The third-order valence-electron chi connectivity index (χ3n) is 9.53. The van der Waals surface area contributed by atoms with Gasteiger partial charge in [0.25, 0.3) is 0 Å². The molecule has 0 saturated heterocycles. The first kappa shape index (κ1) is 44.2. The van der Waals surface area contributed by atoms with Crippen molar-refractivity contribution in [2.24, 2.45) is 7.05 Å². The Morgan fingerprint density at radius 1 is 0.898 bits per heavy atom. The molecule has 15 nitrogen and oxygen atoms in total. The second kappa shape index (κ2) is 17.1. The van der Waals surface area contributed by atoms with Gasteiger partial charge in [0.1, 0.15) is 17.0 Å². The van der Waals surface area contributed by atoms with Gasteiger partial charge < -0.3 is 24.6 Å². The Morgan fingerprint density at radius 2 is 1.51 bits per heavy atom. The smallest absolute Gasteiger partial charge is 0.420 e. The molecule has 1 fully saturated rings. The first-order valence-corrected chi connectivity index (χ1v) is 19.1. The summed E-state index contributed by atoms with van der Waals surface area (Å²) in [5, 5.41) is 18.1. The van der Waals surface area contributed by atoms with Gasteiger partial charge in [0, 0.05) is 47.9 Å². The summed E-state index contributed by atoms with van der Waals surface area (Å²) in [7, 11) is 2.99. The molecule has 1 aliphatic carbocycles. The Kier molecular flexibility index (Phi) is 12.8. The molecular weight excluding hydrogens is 775 g/mol. The number of aromatic nitrogens is 4. The molecule has 0 radical (unpaired) electrons. The van der Waals surface area contributed by atoms with Crippen LogP contribution in [-0.2, 0) is 40.3 Å². The van der Waals surface area contributed by atoms with Crippen LogP contribution in [0.2, 0.25) is 0 Å². The van der Waals surface area contributed by atoms with Crippen LogP contribution in [0.3, 0.4) is 0 Å². The minimum Gasteiger partial charge on any atom is -0.496 e. The molecule has 1 saturated carbocycles. The summed E-state index contributed by atoms with van der Waals surface area (Å²) >= 11 is 0. The zero-order valence-electron chi connectivity index (χ0n) is 34.6. The third kappa shape index (κ3) is 10.8. The Bertz CT molecular complexity index is 2190. The summed E-state index contributed by atoms with van der Waals surface area (Å²) in [6.07, 6.45) is -4.68. The number of aryl methyl sites for hydroxylation is 2. The molecule has 2 heterocycles. The average Bonchev–Trinajstić information content (AvgIpc) is 3.48. The Morgan fingerprint density at radius 3 is 2.05 bits per heavy atom. The van der Waals surface area contributed by atoms with Gasteiger partial charge in [-0.25, -0.2) is 34.2 Å². The van der Waals surface area contributed by atoms with Crippen LogP contribution >= 0.6 is 0 Å². The number of benzene rings is 2. The van der Waals surface area contributed by atoms with Crippen LogP contribution in [0.5, 0.6) is 5.75 Å². The zero-order chi connectivity index (χ0) is 43.6. The van der Waals surface area contributed by atoms with Gasteiger partial charge in [0.05, 0.1) is 30.3 Å². The van der Waals surface area contributed by atoms with Crippen molar-refractivity contribution in [3.8, 4) is 17.0 Å². The number of amides is 4. The molecule has 2 aromatic heterocycles. The monoisotopic (exact) mass is 825 g/mol. The average molecular weight is 826 g/mol. The third-order valence-corrected chi connectivity index (χ3v) is 9.53. The summed E-state index contributed by atoms with van der Waals surface area (Å²) in [5.74, 6) is -0.296. The van der Waals surface area contributed by atoms with Gasteiger partial charge in [-0.1, -0.05) is 6.92 Å². The number of halogens is 3. The maximum absolute atomic E-state index is 13.3. The predicted octanol–water partition coefficient (Wildman–Crippen LogP) is 8.77. The highest BCUT2D eigenvalue weighted by atomic mass is 19.4. The molecule has 4 amide bonds. The van der Waals surface area contributed by atoms with Crippen LogP contribution in [0.1, 0.15) is 90.8 Å². The van der Waals surface area contributed by atoms with Gasteiger partial charge in [-0.3, -0.25) is 9.48 Å². The van der Waals surface area contributed by atoms with Gasteiger partial charge in [0.15, 0.2) is 5.82 Å². The number of imide groups is 1. The number of hydrogen-bond acceptors (Lipinski definition) is 10. The second-order valence-corrected chi connectivity index (χ2v) is 16.3. The lowest BCUT2D eigenvalue weighted by atomic mass is 9.89. The van der Waals surface area contributed by atoms with Gasteiger partial charge in [-0.15, -0.1) is 0 Å². The van der Waals surface area contributed by atoms with Crippen molar-refractivity contribution >= 4 is 46.9 Å². The van der Waals surface area contributed by atoms with E-state index in [4.69, 9.17) is 19.2 Å². The fourth-order valence-corrected chi connectivity index (χ4v) is 6.97. The molecule has 0 bridgehead atoms. The van der Waals surface area contributed by atoms with Crippen LogP contribution in [-0.4, -0.2) is 84.3 Å². The van der Waals surface area contributed by atoms with E-state index in [0.29, 0.717) is 41.4 Å². The van der Waals surface area contributed by atoms with Crippen LogP contribution in [0.25, 0.3) is 22.2 Å². The van der Waals surface area contributed by atoms with Crippen molar-refractivity contribution in [1.29, 1.82) is 0 Å². The van der Waals surface area contributed by atoms with Crippen LogP contribution < -0.4 is 15.0 Å². The fraction of sp³-hybridized carbons (Fsp3) is 0.488. The standard InChI is InChI=1S/C41H50F3N7O8/c1-10-23-17-24(30-21-32(48-49(30)8)46-33(52)20-25-19-27(41(42,43)44)11-16-31(25)57-9)18-26-22-45-35(47-34(23)26)50(36(53)54)28-12-14-29(15-13-28)51(37(55)58-39(2,3)4)38(56)59-40(5,6)7/h11,16-19,21-22,28-29H,10,12-15,20H2,1-9H3,(H,53,54)(H,46,48,52). The van der Waals surface area contributed by atoms with Crippen molar-refractivity contribution in [3.05, 3.63) is 59.3 Å². The van der Waals surface area contributed by atoms with Crippen molar-refractivity contribution in [3.63, 3.8) is 0 Å². The number of anilines is 2. The fourth-order valence-electron chi connectivity index (χ4n) is 6.97. The minimum atomic E-state index is -4.59. The van der Waals surface area contributed by atoms with E-state index in [1.807, 2.05) is 19.1 Å². The van der Waals surface area contributed by atoms with E-state index in [-0.39, 0.29) is 42.3 Å². The molecule has 0 aliphatic heterocycles. The number of nitrogens with one attached hydrogen (secondary N) is 1. The number of nitrogens with zero attached hydrogens (tertiary/aromatic N) is 6. The maximum Gasteiger partial charge on any atom is 0.420 e. The van der Waals surface area contributed by atoms with Gasteiger partial charge >= 0.3 is 24.5 Å². The quantitative estimate of drug-likeness (QED) is 0.165. The molecule has 1 aliphatic rings. The Hall–Kier alpha value is -5.94. The van der Waals surface area contributed by atoms with Gasteiger partial charge in [0.2, 0.25) is 11.9 Å². The number of methoxy groups -OCH3 is 1. The number of alkyl halides is 3. The molecule has 5 rings (SSSR count). The van der Waals surface area contributed by atoms with E-state index in [9.17, 15) is 37.5 Å². The minimum absolute atomic E-state index is 0.0185. The summed E-state index contributed by atoms with van der Waals surface area (Å²) < 4.78 is 57.8. The molecule has 59 heavy (non-hydrogen) atoms. The topological polar surface area (TPSA) is 178 Å². The molecule has 2 N–H and O–H groups in total. The SMILES string of the molecule is CCc1cc(-c2cc(NC(=O)Cc3cc(C(F)(F)F)ccc3OC)nn2C)cc2cnc(N(C(=O)O)C3CCC(N(C(=O)OC(C)(C)C)C(=O)OC(C)(C)C)CC3)nc12. The molecular formula is C41H50F3N7O8. The molecule has 18 heteroatoms. The van der Waals surface area contributed by atoms with Crippen molar-refractivity contribution in [2.75, 3.05) is 17.3 Å². The molecule has 0 unspecified atom stereocenters. The lowest BCUT2D eigenvalue weighted by Gasteiger charge is -2.38. The first-order valence-electron chi connectivity index (χ1n) is 19.1. The summed E-state index contributed by atoms with van der Waals surface area (Å²) in [4.78, 5) is 63.5. The number of hydrogen-bond donors (Lipinski definition) is 2. The number of carboxylic acid groups (broad SMARTS) is 1. The van der Waals surface area contributed by atoms with Gasteiger partial charge in [-0.05, 0) is 110 Å². The van der Waals surface area contributed by atoms with E-state index in [0.717, 1.165) is 27.5 Å². The highest BCUT2D eigenvalue weighted by Crippen LogP contribution is 2.35. The highest BCUT2D eigenvalue weighted by molar-refractivity contribution is 5.93. The molecule has 2 aromatic carbocycles. The van der Waals surface area contributed by atoms with Crippen molar-refractivity contribution in [2.45, 2.75) is 116 Å². The number of carbonyl (C=O) groups is 4. The number of ether oxygens (including phenoxy) is 3. The van der Waals surface area contributed by atoms with E-state index < -0.39 is 59.2 Å². The first-order chi connectivity index (χ1) is 27.5. The predicted molar refractivity (Wildman–Crippen MR) is 212 cm³/mol. The zero-order valence-corrected chi connectivity index (χ0v) is 34.6. The van der Waals surface area contributed by atoms with Crippen LogP contribution in [0, 0.1) is 0 Å². The summed E-state index contributed by atoms with van der Waals surface area (Å²) in [6.45, 7) is 12.1. The van der Waals surface area contributed by atoms with Crippen LogP contribution in [0.15, 0.2) is 42.6 Å². The molecule has 4 aromatic rings. The maximum atomic E-state index is 13.3. The highest BCUT2D eigenvalue weighted by Gasteiger charge is 2.41. The summed E-state index contributed by atoms with van der Waals surface area (Å²) in [6, 6.07) is 7.13. The van der Waals surface area contributed by atoms with Crippen LogP contribution in [0.4, 0.5) is 39.3 Å². The van der Waals surface area contributed by atoms with E-state index in [2.05, 4.69) is 15.4 Å². The summed E-state index contributed by atoms with van der Waals surface area (Å²) in [5.41, 5.74) is 0.0569. The Labute approximate surface area is 339 Å². The van der Waals surface area contributed by atoms with Crippen molar-refractivity contribution < 1.29 is 51.7 Å². The van der Waals surface area contributed by atoms with Gasteiger partial charge in [-0.2, -0.15) is 18.3 Å². The number of rotatable bonds is 9. The molecule has 318 valence electrons. The largest absolute Gasteiger partial charge is 0.496 e. The normalized spacial score (nSPS) is 16.0. The second-order valence-electron chi connectivity index (χ2n) is 16.3. The Balaban J connectivity index is 1.35. The lowest BCUT2D eigenvalue weighted by molar-refractivity contribution is -0.137. The number of fused-ring (bicyclic) bond motifs is 1. The van der Waals surface area contributed by atoms with Crippen molar-refractivity contribution in [1.82, 2.24) is 24.6 Å². The van der Waals surface area contributed by atoms with E-state index in [1.54, 1.807) is 59.3 Å². The lowest BCUT2D eigenvalue weighted by Crippen LogP contribution is -2.52. The van der Waals surface area contributed by atoms with E-state index in [1.165, 1.54) is 19.4 Å². The van der Waals surface area contributed by atoms with E-state index >= 15 is 0 Å². The number of carbonyl (C=O) groups excluding carboxylic acids is 3.